The number of aliphatic imine (C=N–C) groups is 1. The molecular formula is C5H5FN2O. The minimum Gasteiger partial charge on any atom is -0.299 e. The molecule has 1 unspecified atom stereocenters. The van der Waals surface area contributed by atoms with Crippen LogP contribution in [-0.4, -0.2) is 23.8 Å². The van der Waals surface area contributed by atoms with E-state index in [-0.39, 0.29) is 5.12 Å². The average molecular weight is 128 g/mol. The van der Waals surface area contributed by atoms with Crippen LogP contribution in [0.1, 0.15) is 0 Å². The molecule has 1 heterocycles. The van der Waals surface area contributed by atoms with E-state index in [2.05, 4.69) is 4.99 Å². The van der Waals surface area contributed by atoms with E-state index < -0.39 is 6.17 Å². The third-order valence-corrected chi connectivity index (χ3v) is 0.928. The van der Waals surface area contributed by atoms with Crippen LogP contribution in [0.3, 0.4) is 0 Å². The number of rotatable bonds is 1. The number of hydrogen-bond donors (Lipinski definition) is 0. The van der Waals surface area contributed by atoms with Crippen molar-refractivity contribution >= 4 is 12.5 Å². The molecule has 9 heavy (non-hydrogen) atoms. The van der Waals surface area contributed by atoms with E-state index >= 15 is 0 Å². The Hall–Kier alpha value is -1.19. The molecule has 1 atom stereocenters. The van der Waals surface area contributed by atoms with Crippen LogP contribution in [0.2, 0.25) is 0 Å². The highest BCUT2D eigenvalue weighted by Gasteiger charge is 2.12. The predicted molar refractivity (Wildman–Crippen MR) is 30.4 cm³/mol. The van der Waals surface area contributed by atoms with Gasteiger partial charge in [-0.2, -0.15) is 5.12 Å². The lowest BCUT2D eigenvalue weighted by atomic mass is 10.5. The number of halogens is 1. The van der Waals surface area contributed by atoms with Crippen molar-refractivity contribution in [1.29, 1.82) is 0 Å². The van der Waals surface area contributed by atoms with Gasteiger partial charge in [-0.05, 0) is 6.08 Å². The molecule has 0 aromatic heterocycles. The molecule has 0 spiro atoms. The van der Waals surface area contributed by atoms with Crippen LogP contribution in [-0.2, 0) is 4.79 Å². The van der Waals surface area contributed by atoms with Crippen molar-refractivity contribution in [2.24, 2.45) is 4.99 Å². The van der Waals surface area contributed by atoms with Crippen molar-refractivity contribution in [2.75, 3.05) is 0 Å². The Bertz CT molecular complexity index is 166. The highest BCUT2D eigenvalue weighted by molar-refractivity contribution is 5.75. The first-order chi connectivity index (χ1) is 4.34. The lowest BCUT2D eigenvalue weighted by molar-refractivity contribution is -0.115. The summed E-state index contributed by atoms with van der Waals surface area (Å²) in [7, 11) is 0. The molecule has 0 saturated carbocycles. The summed E-state index contributed by atoms with van der Waals surface area (Å²) in [5, 5.41) is 0.243. The smallest absolute Gasteiger partial charge is 0.205 e. The van der Waals surface area contributed by atoms with Gasteiger partial charge < -0.3 is 0 Å². The fraction of sp³-hybridized carbons (Fsp3) is 0.200. The fourth-order valence-electron chi connectivity index (χ4n) is 0.504. The van der Waals surface area contributed by atoms with Crippen LogP contribution in [0.5, 0.6) is 0 Å². The van der Waals surface area contributed by atoms with Gasteiger partial charge in [-0.3, -0.25) is 9.79 Å². The standard InChI is InChI=1S/C5H5FN2O/c6-8-3-1-2-7-5(8)4-9/h1-5H. The SMILES string of the molecule is O=CC1N=CC=CN1F. The number of allylic oxidation sites excluding steroid dienone is 1. The molecule has 0 N–H and O–H groups in total. The molecule has 48 valence electrons. The molecule has 0 saturated heterocycles. The first kappa shape index (κ1) is 5.94. The second-order valence-electron chi connectivity index (χ2n) is 1.53. The molecule has 0 radical (unpaired) electrons. The maximum Gasteiger partial charge on any atom is 0.205 e. The lowest BCUT2D eigenvalue weighted by Gasteiger charge is -2.13. The summed E-state index contributed by atoms with van der Waals surface area (Å²) in [6.07, 6.45) is 3.40. The van der Waals surface area contributed by atoms with Crippen molar-refractivity contribution < 1.29 is 9.28 Å². The molecule has 3 nitrogen and oxygen atoms in total. The van der Waals surface area contributed by atoms with Gasteiger partial charge in [-0.1, -0.05) is 4.48 Å². The Labute approximate surface area is 51.4 Å². The molecule has 0 bridgehead atoms. The summed E-state index contributed by atoms with van der Waals surface area (Å²) in [5.74, 6) is 0. The van der Waals surface area contributed by atoms with Crippen molar-refractivity contribution in [2.45, 2.75) is 6.17 Å². The van der Waals surface area contributed by atoms with E-state index in [1.54, 1.807) is 0 Å². The largest absolute Gasteiger partial charge is 0.299 e. The fourth-order valence-corrected chi connectivity index (χ4v) is 0.504. The highest BCUT2D eigenvalue weighted by atomic mass is 19.2. The van der Waals surface area contributed by atoms with Crippen LogP contribution < -0.4 is 0 Å². The monoisotopic (exact) mass is 128 g/mol. The summed E-state index contributed by atoms with van der Waals surface area (Å²) >= 11 is 0. The molecule has 4 heteroatoms. The summed E-state index contributed by atoms with van der Waals surface area (Å²) in [6.45, 7) is 0. The number of carbonyl (C=O) groups excluding carboxylic acids is 1. The number of carbonyl (C=O) groups is 1. The maximum absolute atomic E-state index is 12.2. The molecule has 1 aliphatic heterocycles. The number of nitrogens with zero attached hydrogens (tertiary/aromatic N) is 2. The van der Waals surface area contributed by atoms with Gasteiger partial charge in [-0.25, -0.2) is 0 Å². The second kappa shape index (κ2) is 2.39. The molecule has 1 aliphatic rings. The van der Waals surface area contributed by atoms with Gasteiger partial charge in [0.25, 0.3) is 0 Å². The van der Waals surface area contributed by atoms with Crippen LogP contribution >= 0.6 is 0 Å². The average Bonchev–Trinajstić information content (AvgIpc) is 1.89. The van der Waals surface area contributed by atoms with E-state index in [0.717, 1.165) is 6.20 Å². The Morgan fingerprint density at radius 2 is 2.56 bits per heavy atom. The molecule has 0 aromatic carbocycles. The van der Waals surface area contributed by atoms with E-state index in [4.69, 9.17) is 0 Å². The summed E-state index contributed by atoms with van der Waals surface area (Å²) in [6, 6.07) is 0. The third-order valence-electron chi connectivity index (χ3n) is 0.928. The molecule has 0 amide bonds. The number of hydrogen-bond acceptors (Lipinski definition) is 3. The van der Waals surface area contributed by atoms with E-state index in [1.165, 1.54) is 12.3 Å². The number of aldehydes is 1. The third kappa shape index (κ3) is 1.13. The van der Waals surface area contributed by atoms with Gasteiger partial charge in [0.2, 0.25) is 6.17 Å². The van der Waals surface area contributed by atoms with Crippen LogP contribution in [0.25, 0.3) is 0 Å². The summed E-state index contributed by atoms with van der Waals surface area (Å²) in [4.78, 5) is 13.4. The normalized spacial score (nSPS) is 24.6. The Morgan fingerprint density at radius 1 is 1.78 bits per heavy atom. The molecule has 0 aliphatic carbocycles. The van der Waals surface area contributed by atoms with E-state index in [1.807, 2.05) is 0 Å². The van der Waals surface area contributed by atoms with Gasteiger partial charge in [0.1, 0.15) is 0 Å². The van der Waals surface area contributed by atoms with Gasteiger partial charge in [0.05, 0.1) is 0 Å². The minimum atomic E-state index is -0.977. The quantitative estimate of drug-likeness (QED) is 0.375. The molecule has 0 fully saturated rings. The van der Waals surface area contributed by atoms with Gasteiger partial charge in [0, 0.05) is 12.4 Å². The first-order valence-electron chi connectivity index (χ1n) is 2.44. The predicted octanol–water partition coefficient (Wildman–Crippen LogP) is 0.296. The molecular weight excluding hydrogens is 123 g/mol. The summed E-state index contributed by atoms with van der Waals surface area (Å²) < 4.78 is 12.2. The second-order valence-corrected chi connectivity index (χ2v) is 1.53. The van der Waals surface area contributed by atoms with E-state index in [0.29, 0.717) is 6.29 Å². The van der Waals surface area contributed by atoms with Gasteiger partial charge in [-0.15, -0.1) is 0 Å². The zero-order chi connectivity index (χ0) is 6.69. The van der Waals surface area contributed by atoms with Crippen molar-refractivity contribution in [3.8, 4) is 0 Å². The Morgan fingerprint density at radius 3 is 3.00 bits per heavy atom. The van der Waals surface area contributed by atoms with E-state index in [9.17, 15) is 9.28 Å². The maximum atomic E-state index is 12.2. The van der Waals surface area contributed by atoms with Gasteiger partial charge >= 0.3 is 0 Å². The topological polar surface area (TPSA) is 32.7 Å². The molecule has 0 aromatic rings. The minimum absolute atomic E-state index is 0.243. The van der Waals surface area contributed by atoms with Crippen LogP contribution in [0.4, 0.5) is 4.48 Å². The van der Waals surface area contributed by atoms with Crippen molar-refractivity contribution in [1.82, 2.24) is 5.12 Å². The molecule has 1 rings (SSSR count). The Balaban J connectivity index is 2.65. The van der Waals surface area contributed by atoms with Crippen molar-refractivity contribution in [3.63, 3.8) is 0 Å². The summed E-state index contributed by atoms with van der Waals surface area (Å²) in [5.41, 5.74) is 0. The van der Waals surface area contributed by atoms with Crippen LogP contribution in [0, 0.1) is 0 Å². The zero-order valence-corrected chi connectivity index (χ0v) is 4.57. The van der Waals surface area contributed by atoms with Gasteiger partial charge in [0.15, 0.2) is 6.29 Å². The van der Waals surface area contributed by atoms with Crippen LogP contribution in [0.15, 0.2) is 17.3 Å². The lowest BCUT2D eigenvalue weighted by Crippen LogP contribution is -2.24. The Kier molecular flexibility index (Phi) is 1.58. The highest BCUT2D eigenvalue weighted by Crippen LogP contribution is 2.02. The zero-order valence-electron chi connectivity index (χ0n) is 4.57. The first-order valence-corrected chi connectivity index (χ1v) is 2.44. The van der Waals surface area contributed by atoms with Crippen molar-refractivity contribution in [3.05, 3.63) is 12.3 Å².